The highest BCUT2D eigenvalue weighted by atomic mass is 19.1. The Morgan fingerprint density at radius 1 is 1.20 bits per heavy atom. The van der Waals surface area contributed by atoms with Crippen LogP contribution in [0.5, 0.6) is 0 Å². The molecule has 0 bridgehead atoms. The molecule has 2 fully saturated rings. The number of ether oxygens (including phenoxy) is 2. The van der Waals surface area contributed by atoms with E-state index in [1.165, 1.54) is 6.07 Å². The second kappa shape index (κ2) is 12.2. The molecule has 166 valence electrons. The summed E-state index contributed by atoms with van der Waals surface area (Å²) in [6.45, 7) is 13.8. The van der Waals surface area contributed by atoms with Crippen molar-refractivity contribution in [2.75, 3.05) is 13.2 Å². The summed E-state index contributed by atoms with van der Waals surface area (Å²) in [6, 6.07) is 2.67. The molecule has 5 nitrogen and oxygen atoms in total. The van der Waals surface area contributed by atoms with Crippen molar-refractivity contribution in [2.24, 2.45) is 5.92 Å². The van der Waals surface area contributed by atoms with E-state index in [-0.39, 0.29) is 25.2 Å². The van der Waals surface area contributed by atoms with Crippen LogP contribution in [0.4, 0.5) is 13.6 Å². The first-order valence-electron chi connectivity index (χ1n) is 10.3. The molecule has 1 aromatic carbocycles. The molecule has 0 spiro atoms. The van der Waals surface area contributed by atoms with Gasteiger partial charge in [0.2, 0.25) is 5.91 Å². The van der Waals surface area contributed by atoms with E-state index >= 15 is 0 Å². The Labute approximate surface area is 177 Å². The molecule has 2 aliphatic heterocycles. The molecule has 30 heavy (non-hydrogen) atoms. The van der Waals surface area contributed by atoms with E-state index in [2.05, 4.69) is 6.58 Å². The summed E-state index contributed by atoms with van der Waals surface area (Å²) in [4.78, 5) is 25.9. The summed E-state index contributed by atoms with van der Waals surface area (Å²) in [5, 5.41) is 0. The number of benzene rings is 1. The van der Waals surface area contributed by atoms with Crippen LogP contribution in [0, 0.1) is 17.6 Å². The highest BCUT2D eigenvalue weighted by Gasteiger charge is 2.44. The molecule has 2 aliphatic rings. The fraction of sp³-hybridized carbons (Fsp3) is 0.478. The van der Waals surface area contributed by atoms with Crippen molar-refractivity contribution in [3.63, 3.8) is 0 Å². The molecular formula is C23H31F2NO4. The molecule has 0 aromatic heterocycles. The van der Waals surface area contributed by atoms with E-state index < -0.39 is 41.7 Å². The summed E-state index contributed by atoms with van der Waals surface area (Å²) in [5.41, 5.74) is 0.785. The molecule has 3 rings (SSSR count). The van der Waals surface area contributed by atoms with Crippen LogP contribution in [-0.2, 0) is 14.3 Å². The minimum Gasteiger partial charge on any atom is -0.446 e. The SMILES string of the molecule is C=C(/C=C\C)[C@H]1COC(=O)N1C(=O)C1COC(c2ccc(F)cc2F)C1.CC.CC. The number of allylic oxidation sites excluding steroid dienone is 1. The summed E-state index contributed by atoms with van der Waals surface area (Å²) in [5.74, 6) is -2.45. The van der Waals surface area contributed by atoms with Crippen LogP contribution in [0.25, 0.3) is 0 Å². The van der Waals surface area contributed by atoms with Crippen LogP contribution in [-0.4, -0.2) is 36.2 Å². The normalized spacial score (nSPS) is 22.7. The third kappa shape index (κ3) is 5.75. The Balaban J connectivity index is 0.00000106. The number of amides is 2. The first kappa shape index (κ1) is 25.5. The second-order valence-corrected chi connectivity index (χ2v) is 6.30. The number of halogens is 2. The van der Waals surface area contributed by atoms with Gasteiger partial charge in [0, 0.05) is 11.6 Å². The molecule has 2 unspecified atom stereocenters. The molecule has 0 saturated carbocycles. The summed E-state index contributed by atoms with van der Waals surface area (Å²) >= 11 is 0. The number of carbonyl (C=O) groups excluding carboxylic acids is 2. The van der Waals surface area contributed by atoms with Crippen LogP contribution >= 0.6 is 0 Å². The average Bonchev–Trinajstić information content (AvgIpc) is 3.38. The van der Waals surface area contributed by atoms with Crippen molar-refractivity contribution in [3.8, 4) is 0 Å². The Kier molecular flexibility index (Phi) is 10.4. The van der Waals surface area contributed by atoms with Crippen LogP contribution in [0.3, 0.4) is 0 Å². The van der Waals surface area contributed by atoms with E-state index in [0.717, 1.165) is 17.0 Å². The zero-order chi connectivity index (χ0) is 22.8. The van der Waals surface area contributed by atoms with Gasteiger partial charge < -0.3 is 9.47 Å². The predicted octanol–water partition coefficient (Wildman–Crippen LogP) is 5.57. The maximum atomic E-state index is 13.9. The molecule has 2 heterocycles. The zero-order valence-corrected chi connectivity index (χ0v) is 18.3. The van der Waals surface area contributed by atoms with Crippen LogP contribution in [0.15, 0.2) is 42.5 Å². The zero-order valence-electron chi connectivity index (χ0n) is 18.3. The summed E-state index contributed by atoms with van der Waals surface area (Å²) in [7, 11) is 0. The van der Waals surface area contributed by atoms with Crippen molar-refractivity contribution in [3.05, 3.63) is 59.7 Å². The van der Waals surface area contributed by atoms with Gasteiger partial charge in [-0.2, -0.15) is 0 Å². The monoisotopic (exact) mass is 423 g/mol. The maximum absolute atomic E-state index is 13.9. The van der Waals surface area contributed by atoms with Crippen molar-refractivity contribution in [1.82, 2.24) is 4.90 Å². The van der Waals surface area contributed by atoms with Gasteiger partial charge in [0.05, 0.1) is 18.6 Å². The van der Waals surface area contributed by atoms with Crippen molar-refractivity contribution < 1.29 is 27.8 Å². The Morgan fingerprint density at radius 3 is 2.47 bits per heavy atom. The van der Waals surface area contributed by atoms with Gasteiger partial charge in [0.15, 0.2) is 0 Å². The molecule has 3 atom stereocenters. The molecule has 0 aliphatic carbocycles. The molecule has 2 saturated heterocycles. The minimum absolute atomic E-state index is 0.0485. The van der Waals surface area contributed by atoms with Crippen molar-refractivity contribution in [2.45, 2.75) is 53.2 Å². The Bertz CT molecular complexity index is 778. The van der Waals surface area contributed by atoms with Gasteiger partial charge in [-0.15, -0.1) is 0 Å². The van der Waals surface area contributed by atoms with Gasteiger partial charge in [-0.1, -0.05) is 52.5 Å². The molecule has 7 heteroatoms. The van der Waals surface area contributed by atoms with Crippen LogP contribution in [0.2, 0.25) is 0 Å². The number of cyclic esters (lactones) is 1. The number of hydrogen-bond donors (Lipinski definition) is 0. The minimum atomic E-state index is -0.720. The standard InChI is InChI=1S/C19H19F2NO4.2C2H6/c1-3-4-11(2)16-10-26-19(24)22(16)18(23)12-7-17(25-9-12)14-6-5-13(20)8-15(14)21;2*1-2/h3-6,8,12,16-17H,2,7,9-10H2,1H3;2*1-2H3/b4-3-;;/t12?,16-,17?;;/m1../s1. The first-order chi connectivity index (χ1) is 14.4. The number of hydrogen-bond acceptors (Lipinski definition) is 4. The smallest absolute Gasteiger partial charge is 0.417 e. The van der Waals surface area contributed by atoms with Crippen molar-refractivity contribution >= 4 is 12.0 Å². The topological polar surface area (TPSA) is 55.8 Å². The van der Waals surface area contributed by atoms with Crippen LogP contribution < -0.4 is 0 Å². The second-order valence-electron chi connectivity index (χ2n) is 6.30. The van der Waals surface area contributed by atoms with Crippen LogP contribution in [0.1, 0.15) is 52.7 Å². The third-order valence-corrected chi connectivity index (χ3v) is 4.58. The lowest BCUT2D eigenvalue weighted by atomic mass is 9.98. The summed E-state index contributed by atoms with van der Waals surface area (Å²) in [6.07, 6.45) is 2.30. The maximum Gasteiger partial charge on any atom is 0.417 e. The number of imide groups is 1. The summed E-state index contributed by atoms with van der Waals surface area (Å²) < 4.78 is 37.5. The number of nitrogens with zero attached hydrogens (tertiary/aromatic N) is 1. The Morgan fingerprint density at radius 2 is 1.87 bits per heavy atom. The quantitative estimate of drug-likeness (QED) is 0.594. The van der Waals surface area contributed by atoms with Gasteiger partial charge in [-0.3, -0.25) is 4.79 Å². The fourth-order valence-electron chi connectivity index (χ4n) is 3.24. The highest BCUT2D eigenvalue weighted by molar-refractivity contribution is 5.95. The lowest BCUT2D eigenvalue weighted by molar-refractivity contribution is -0.132. The molecule has 2 amide bonds. The largest absolute Gasteiger partial charge is 0.446 e. The van der Waals surface area contributed by atoms with Gasteiger partial charge in [-0.25, -0.2) is 18.5 Å². The van der Waals surface area contributed by atoms with E-state index in [9.17, 15) is 18.4 Å². The molecule has 1 aromatic rings. The van der Waals surface area contributed by atoms with E-state index in [1.54, 1.807) is 12.2 Å². The average molecular weight is 424 g/mol. The van der Waals surface area contributed by atoms with Gasteiger partial charge in [0.25, 0.3) is 0 Å². The van der Waals surface area contributed by atoms with Gasteiger partial charge in [0.1, 0.15) is 24.3 Å². The lowest BCUT2D eigenvalue weighted by Gasteiger charge is -2.22. The van der Waals surface area contributed by atoms with Gasteiger partial charge >= 0.3 is 6.09 Å². The fourth-order valence-corrected chi connectivity index (χ4v) is 3.24. The third-order valence-electron chi connectivity index (χ3n) is 4.58. The molecule has 0 radical (unpaired) electrons. The highest BCUT2D eigenvalue weighted by Crippen LogP contribution is 2.36. The van der Waals surface area contributed by atoms with E-state index in [0.29, 0.717) is 5.57 Å². The van der Waals surface area contributed by atoms with E-state index in [4.69, 9.17) is 9.47 Å². The van der Waals surface area contributed by atoms with E-state index in [1.807, 2.05) is 34.6 Å². The predicted molar refractivity (Wildman–Crippen MR) is 112 cm³/mol. The van der Waals surface area contributed by atoms with Gasteiger partial charge in [-0.05, 0) is 25.0 Å². The molecule has 0 N–H and O–H groups in total. The Hall–Kier alpha value is -2.54. The lowest BCUT2D eigenvalue weighted by Crippen LogP contribution is -2.43. The molecular weight excluding hydrogens is 392 g/mol. The first-order valence-corrected chi connectivity index (χ1v) is 10.3. The van der Waals surface area contributed by atoms with Crippen molar-refractivity contribution in [1.29, 1.82) is 0 Å². The number of carbonyl (C=O) groups is 2. The number of rotatable bonds is 4.